The first-order valence-corrected chi connectivity index (χ1v) is 3.44. The third kappa shape index (κ3) is 1.23. The van der Waals surface area contributed by atoms with Gasteiger partial charge in [0.1, 0.15) is 6.10 Å². The summed E-state index contributed by atoms with van der Waals surface area (Å²) in [6.45, 7) is 0. The minimum Gasteiger partial charge on any atom is -0.380 e. The van der Waals surface area contributed by atoms with E-state index in [4.69, 9.17) is 0 Å². The lowest BCUT2D eigenvalue weighted by Gasteiger charge is -2.02. The maximum Gasteiger partial charge on any atom is 0.176 e. The SMILES string of the molecule is OC(C1=NN1)c1ccccc1. The van der Waals surface area contributed by atoms with Crippen LogP contribution in [0.3, 0.4) is 0 Å². The summed E-state index contributed by atoms with van der Waals surface area (Å²) in [5.41, 5.74) is 3.50. The Balaban J connectivity index is 2.22. The van der Waals surface area contributed by atoms with Gasteiger partial charge >= 0.3 is 0 Å². The first-order valence-electron chi connectivity index (χ1n) is 3.44. The quantitative estimate of drug-likeness (QED) is 0.646. The summed E-state index contributed by atoms with van der Waals surface area (Å²) >= 11 is 0. The molecule has 2 rings (SSSR count). The van der Waals surface area contributed by atoms with Crippen LogP contribution in [0.15, 0.2) is 35.4 Å². The highest BCUT2D eigenvalue weighted by molar-refractivity contribution is 5.95. The highest BCUT2D eigenvalue weighted by Gasteiger charge is 2.21. The molecule has 2 N–H and O–H groups in total. The van der Waals surface area contributed by atoms with Crippen LogP contribution < -0.4 is 5.43 Å². The van der Waals surface area contributed by atoms with E-state index in [0.717, 1.165) is 5.56 Å². The van der Waals surface area contributed by atoms with E-state index in [0.29, 0.717) is 5.84 Å². The molecule has 0 aliphatic carbocycles. The minimum absolute atomic E-state index is 0.573. The molecule has 0 bridgehead atoms. The smallest absolute Gasteiger partial charge is 0.176 e. The number of amidine groups is 1. The zero-order valence-corrected chi connectivity index (χ0v) is 5.86. The van der Waals surface area contributed by atoms with Crippen molar-refractivity contribution in [2.45, 2.75) is 6.10 Å². The summed E-state index contributed by atoms with van der Waals surface area (Å²) in [4.78, 5) is 0. The van der Waals surface area contributed by atoms with Crippen molar-refractivity contribution in [3.63, 3.8) is 0 Å². The summed E-state index contributed by atoms with van der Waals surface area (Å²) in [7, 11) is 0. The predicted molar refractivity (Wildman–Crippen MR) is 42.0 cm³/mol. The van der Waals surface area contributed by atoms with E-state index in [-0.39, 0.29) is 0 Å². The molecule has 0 radical (unpaired) electrons. The Morgan fingerprint density at radius 2 is 1.91 bits per heavy atom. The maximum atomic E-state index is 9.47. The molecule has 0 amide bonds. The molecule has 0 spiro atoms. The number of aliphatic hydroxyl groups excluding tert-OH is 1. The van der Waals surface area contributed by atoms with Crippen LogP contribution in [0.1, 0.15) is 11.7 Å². The summed E-state index contributed by atoms with van der Waals surface area (Å²) < 4.78 is 0. The van der Waals surface area contributed by atoms with E-state index >= 15 is 0 Å². The van der Waals surface area contributed by atoms with E-state index in [1.165, 1.54) is 0 Å². The Morgan fingerprint density at radius 1 is 1.27 bits per heavy atom. The van der Waals surface area contributed by atoms with Crippen LogP contribution in [-0.4, -0.2) is 10.9 Å². The molecule has 0 saturated carbocycles. The second kappa shape index (κ2) is 2.36. The van der Waals surface area contributed by atoms with E-state index < -0.39 is 6.10 Å². The van der Waals surface area contributed by atoms with E-state index in [1.807, 2.05) is 30.3 Å². The predicted octanol–water partition coefficient (Wildman–Crippen LogP) is 0.637. The number of benzene rings is 1. The number of nitrogens with one attached hydrogen (secondary N) is 1. The average Bonchev–Trinajstić information content (AvgIpc) is 2.87. The molecule has 3 heteroatoms. The number of rotatable bonds is 2. The molecular weight excluding hydrogens is 140 g/mol. The van der Waals surface area contributed by atoms with Crippen LogP contribution in [0.4, 0.5) is 0 Å². The molecule has 1 heterocycles. The van der Waals surface area contributed by atoms with Crippen molar-refractivity contribution < 1.29 is 5.11 Å². The lowest BCUT2D eigenvalue weighted by Crippen LogP contribution is -2.07. The lowest BCUT2D eigenvalue weighted by molar-refractivity contribution is 0.249. The van der Waals surface area contributed by atoms with Crippen molar-refractivity contribution in [2.75, 3.05) is 0 Å². The van der Waals surface area contributed by atoms with Crippen molar-refractivity contribution >= 4 is 5.84 Å². The van der Waals surface area contributed by atoms with E-state index in [1.54, 1.807) is 0 Å². The van der Waals surface area contributed by atoms with Gasteiger partial charge in [-0.3, -0.25) is 5.43 Å². The van der Waals surface area contributed by atoms with Gasteiger partial charge in [0.25, 0.3) is 0 Å². The second-order valence-corrected chi connectivity index (χ2v) is 2.42. The van der Waals surface area contributed by atoms with Gasteiger partial charge in [0, 0.05) is 0 Å². The molecule has 0 fully saturated rings. The fourth-order valence-corrected chi connectivity index (χ4v) is 0.948. The van der Waals surface area contributed by atoms with E-state index in [9.17, 15) is 5.11 Å². The topological polar surface area (TPSA) is 54.5 Å². The van der Waals surface area contributed by atoms with Crippen LogP contribution in [0.5, 0.6) is 0 Å². The van der Waals surface area contributed by atoms with E-state index in [2.05, 4.69) is 10.5 Å². The fourth-order valence-electron chi connectivity index (χ4n) is 0.948. The Labute approximate surface area is 64.4 Å². The molecule has 0 aromatic heterocycles. The molecule has 3 nitrogen and oxygen atoms in total. The fraction of sp³-hybridized carbons (Fsp3) is 0.125. The van der Waals surface area contributed by atoms with Gasteiger partial charge in [-0.15, -0.1) is 0 Å². The first kappa shape index (κ1) is 6.37. The normalized spacial score (nSPS) is 16.6. The Morgan fingerprint density at radius 3 is 2.45 bits per heavy atom. The highest BCUT2D eigenvalue weighted by atomic mass is 16.3. The second-order valence-electron chi connectivity index (χ2n) is 2.42. The van der Waals surface area contributed by atoms with Gasteiger partial charge in [0.15, 0.2) is 5.84 Å². The van der Waals surface area contributed by atoms with Crippen LogP contribution in [0.2, 0.25) is 0 Å². The zero-order valence-electron chi connectivity index (χ0n) is 5.86. The van der Waals surface area contributed by atoms with Gasteiger partial charge in [0.2, 0.25) is 0 Å². The molecule has 1 aliphatic heterocycles. The van der Waals surface area contributed by atoms with Crippen molar-refractivity contribution in [3.8, 4) is 0 Å². The summed E-state index contributed by atoms with van der Waals surface area (Å²) in [5, 5.41) is 13.2. The van der Waals surface area contributed by atoms with Crippen molar-refractivity contribution in [3.05, 3.63) is 35.9 Å². The van der Waals surface area contributed by atoms with Crippen molar-refractivity contribution in [1.82, 2.24) is 5.43 Å². The van der Waals surface area contributed by atoms with Gasteiger partial charge in [-0.2, -0.15) is 5.10 Å². The van der Waals surface area contributed by atoms with Crippen molar-refractivity contribution in [2.24, 2.45) is 5.10 Å². The van der Waals surface area contributed by atoms with Gasteiger partial charge in [-0.05, 0) is 5.56 Å². The standard InChI is InChI=1S/C8H8N2O/c11-7(8-9-10-8)6-4-2-1-3-5-6/h1-5,7,11H,(H,9,10). The first-order chi connectivity index (χ1) is 5.38. The molecule has 0 saturated heterocycles. The Bertz CT molecular complexity index is 281. The van der Waals surface area contributed by atoms with Gasteiger partial charge in [0.05, 0.1) is 0 Å². The number of aliphatic hydroxyl groups is 1. The Kier molecular flexibility index (Phi) is 1.36. The molecule has 56 valence electrons. The number of hydrogen-bond donors (Lipinski definition) is 2. The zero-order chi connectivity index (χ0) is 7.68. The van der Waals surface area contributed by atoms with Crippen LogP contribution >= 0.6 is 0 Å². The summed E-state index contributed by atoms with van der Waals surface area (Å²) in [6, 6.07) is 9.43. The van der Waals surface area contributed by atoms with Gasteiger partial charge < -0.3 is 5.11 Å². The number of hydrazone groups is 1. The monoisotopic (exact) mass is 148 g/mol. The third-order valence-corrected chi connectivity index (χ3v) is 1.62. The lowest BCUT2D eigenvalue weighted by atomic mass is 10.1. The molecular formula is C8H8N2O. The average molecular weight is 148 g/mol. The van der Waals surface area contributed by atoms with Crippen LogP contribution in [-0.2, 0) is 0 Å². The summed E-state index contributed by atoms with van der Waals surface area (Å²) in [6.07, 6.45) is -0.573. The minimum atomic E-state index is -0.573. The molecule has 1 unspecified atom stereocenters. The molecule has 1 aromatic rings. The molecule has 1 atom stereocenters. The number of nitrogens with zero attached hydrogens (tertiary/aromatic N) is 1. The largest absolute Gasteiger partial charge is 0.380 e. The molecule has 1 aromatic carbocycles. The molecule has 11 heavy (non-hydrogen) atoms. The van der Waals surface area contributed by atoms with Gasteiger partial charge in [-0.1, -0.05) is 30.3 Å². The summed E-state index contributed by atoms with van der Waals surface area (Å²) in [5.74, 6) is 0.649. The van der Waals surface area contributed by atoms with Crippen LogP contribution in [0.25, 0.3) is 0 Å². The number of hydrogen-bond acceptors (Lipinski definition) is 3. The van der Waals surface area contributed by atoms with Crippen molar-refractivity contribution in [1.29, 1.82) is 0 Å². The molecule has 1 aliphatic rings. The maximum absolute atomic E-state index is 9.47. The Hall–Kier alpha value is -1.35. The van der Waals surface area contributed by atoms with Crippen LogP contribution in [0, 0.1) is 0 Å². The highest BCUT2D eigenvalue weighted by Crippen LogP contribution is 2.15. The van der Waals surface area contributed by atoms with Gasteiger partial charge in [-0.25, -0.2) is 0 Å². The third-order valence-electron chi connectivity index (χ3n) is 1.62.